The Morgan fingerprint density at radius 3 is 2.44 bits per heavy atom. The first-order valence-electron chi connectivity index (χ1n) is 7.22. The standard InChI is InChI=1S/C16H15N3O4S2/c1-11(20)18-9-8-14-6-7-15(24-14)25(22,23)19-16(21)13-4-2-12(10-17)3-5-13/h2-7H,8-9H2,1H3,(H,18,20)(H,19,21). The van der Waals surface area contributed by atoms with Gasteiger partial charge in [-0.15, -0.1) is 11.3 Å². The van der Waals surface area contributed by atoms with Gasteiger partial charge in [-0.3, -0.25) is 9.59 Å². The van der Waals surface area contributed by atoms with E-state index < -0.39 is 15.9 Å². The minimum absolute atomic E-state index is 0.0207. The van der Waals surface area contributed by atoms with E-state index in [-0.39, 0.29) is 15.7 Å². The Labute approximate surface area is 149 Å². The van der Waals surface area contributed by atoms with Gasteiger partial charge < -0.3 is 5.32 Å². The van der Waals surface area contributed by atoms with Crippen molar-refractivity contribution in [3.8, 4) is 6.07 Å². The highest BCUT2D eigenvalue weighted by Gasteiger charge is 2.20. The van der Waals surface area contributed by atoms with E-state index in [2.05, 4.69) is 5.32 Å². The molecule has 0 bridgehead atoms. The highest BCUT2D eigenvalue weighted by atomic mass is 32.2. The molecule has 2 N–H and O–H groups in total. The third-order valence-corrected chi connectivity index (χ3v) is 6.12. The topological polar surface area (TPSA) is 116 Å². The van der Waals surface area contributed by atoms with Crippen LogP contribution in [0.4, 0.5) is 0 Å². The predicted molar refractivity (Wildman–Crippen MR) is 92.5 cm³/mol. The van der Waals surface area contributed by atoms with Crippen LogP contribution in [0.1, 0.15) is 27.7 Å². The third kappa shape index (κ3) is 5.14. The molecule has 0 saturated heterocycles. The van der Waals surface area contributed by atoms with Gasteiger partial charge >= 0.3 is 0 Å². The lowest BCUT2D eigenvalue weighted by Crippen LogP contribution is -2.30. The Balaban J connectivity index is 2.05. The number of thiophene rings is 1. The molecule has 0 atom stereocenters. The van der Waals surface area contributed by atoms with Gasteiger partial charge in [0.2, 0.25) is 5.91 Å². The van der Waals surface area contributed by atoms with Crippen LogP contribution in [0, 0.1) is 11.3 Å². The minimum atomic E-state index is -3.98. The molecule has 2 amide bonds. The number of nitriles is 1. The van der Waals surface area contributed by atoms with Crippen LogP contribution in [0.25, 0.3) is 0 Å². The van der Waals surface area contributed by atoms with Crippen molar-refractivity contribution < 1.29 is 18.0 Å². The molecule has 9 heteroatoms. The maximum atomic E-state index is 12.3. The van der Waals surface area contributed by atoms with Gasteiger partial charge in [0.25, 0.3) is 15.9 Å². The molecular weight excluding hydrogens is 362 g/mol. The molecule has 0 spiro atoms. The third-order valence-electron chi connectivity index (χ3n) is 3.15. The fraction of sp³-hybridized carbons (Fsp3) is 0.188. The van der Waals surface area contributed by atoms with Crippen molar-refractivity contribution in [2.24, 2.45) is 0 Å². The van der Waals surface area contributed by atoms with Crippen molar-refractivity contribution >= 4 is 33.2 Å². The van der Waals surface area contributed by atoms with Crippen LogP contribution in [-0.4, -0.2) is 26.8 Å². The number of hydrogen-bond acceptors (Lipinski definition) is 6. The van der Waals surface area contributed by atoms with E-state index in [4.69, 9.17) is 5.26 Å². The Kier molecular flexibility index (Phi) is 5.90. The number of hydrogen-bond donors (Lipinski definition) is 2. The Hall–Kier alpha value is -2.70. The number of carbonyl (C=O) groups excluding carboxylic acids is 2. The molecule has 1 heterocycles. The lowest BCUT2D eigenvalue weighted by atomic mass is 10.1. The summed E-state index contributed by atoms with van der Waals surface area (Å²) < 4.78 is 26.6. The number of benzene rings is 1. The Bertz CT molecular complexity index is 925. The SMILES string of the molecule is CC(=O)NCCc1ccc(S(=O)(=O)NC(=O)c2ccc(C#N)cc2)s1. The summed E-state index contributed by atoms with van der Waals surface area (Å²) in [4.78, 5) is 23.7. The van der Waals surface area contributed by atoms with Crippen LogP contribution in [0.2, 0.25) is 0 Å². The second-order valence-electron chi connectivity index (χ2n) is 5.08. The largest absolute Gasteiger partial charge is 0.356 e. The predicted octanol–water partition coefficient (Wildman–Crippen LogP) is 1.42. The Morgan fingerprint density at radius 1 is 1.16 bits per heavy atom. The molecule has 1 aromatic carbocycles. The summed E-state index contributed by atoms with van der Waals surface area (Å²) in [6.07, 6.45) is 0.503. The Morgan fingerprint density at radius 2 is 1.84 bits per heavy atom. The molecule has 0 aliphatic carbocycles. The van der Waals surface area contributed by atoms with Crippen molar-refractivity contribution in [2.45, 2.75) is 17.6 Å². The summed E-state index contributed by atoms with van der Waals surface area (Å²) in [5.41, 5.74) is 0.520. The van der Waals surface area contributed by atoms with E-state index in [1.165, 1.54) is 37.3 Å². The van der Waals surface area contributed by atoms with Gasteiger partial charge in [-0.25, -0.2) is 13.1 Å². The second-order valence-corrected chi connectivity index (χ2v) is 8.16. The number of amides is 2. The molecule has 1 aromatic heterocycles. The van der Waals surface area contributed by atoms with Gasteiger partial charge in [-0.05, 0) is 42.8 Å². The van der Waals surface area contributed by atoms with Gasteiger partial charge in [0, 0.05) is 23.9 Å². The average molecular weight is 377 g/mol. The second kappa shape index (κ2) is 7.92. The minimum Gasteiger partial charge on any atom is -0.356 e. The first-order valence-corrected chi connectivity index (χ1v) is 9.52. The molecule has 2 aromatic rings. The normalized spacial score (nSPS) is 10.7. The molecule has 0 aliphatic heterocycles. The van der Waals surface area contributed by atoms with Crippen LogP contribution in [0.3, 0.4) is 0 Å². The maximum Gasteiger partial charge on any atom is 0.273 e. The average Bonchev–Trinajstić information content (AvgIpc) is 3.04. The van der Waals surface area contributed by atoms with E-state index in [0.29, 0.717) is 18.5 Å². The van der Waals surface area contributed by atoms with E-state index >= 15 is 0 Å². The van der Waals surface area contributed by atoms with Crippen molar-refractivity contribution in [2.75, 3.05) is 6.54 Å². The van der Waals surface area contributed by atoms with E-state index in [0.717, 1.165) is 16.2 Å². The van der Waals surface area contributed by atoms with E-state index in [1.54, 1.807) is 6.07 Å². The van der Waals surface area contributed by atoms with Crippen LogP contribution >= 0.6 is 11.3 Å². The molecule has 0 fully saturated rings. The fourth-order valence-electron chi connectivity index (χ4n) is 1.93. The van der Waals surface area contributed by atoms with E-state index in [1.807, 2.05) is 10.8 Å². The quantitative estimate of drug-likeness (QED) is 0.790. The van der Waals surface area contributed by atoms with Crippen LogP contribution in [0.5, 0.6) is 0 Å². The summed E-state index contributed by atoms with van der Waals surface area (Å²) in [6.45, 7) is 1.82. The number of carbonyl (C=O) groups is 2. The van der Waals surface area contributed by atoms with Crippen molar-refractivity contribution in [1.82, 2.24) is 10.0 Å². The van der Waals surface area contributed by atoms with Gasteiger partial charge in [-0.2, -0.15) is 5.26 Å². The highest BCUT2D eigenvalue weighted by Crippen LogP contribution is 2.22. The molecule has 7 nitrogen and oxygen atoms in total. The van der Waals surface area contributed by atoms with Crippen LogP contribution in [0.15, 0.2) is 40.6 Å². The molecule has 0 unspecified atom stereocenters. The zero-order valence-electron chi connectivity index (χ0n) is 13.3. The van der Waals surface area contributed by atoms with Crippen molar-refractivity contribution in [1.29, 1.82) is 5.26 Å². The number of sulfonamides is 1. The first-order chi connectivity index (χ1) is 11.8. The molecule has 0 radical (unpaired) electrons. The highest BCUT2D eigenvalue weighted by molar-refractivity contribution is 7.92. The van der Waals surface area contributed by atoms with E-state index in [9.17, 15) is 18.0 Å². The zero-order valence-corrected chi connectivity index (χ0v) is 14.9. The van der Waals surface area contributed by atoms with Crippen molar-refractivity contribution in [3.63, 3.8) is 0 Å². The molecule has 2 rings (SSSR count). The number of rotatable bonds is 6. The number of nitrogens with zero attached hydrogens (tertiary/aromatic N) is 1. The zero-order chi connectivity index (χ0) is 18.4. The first kappa shape index (κ1) is 18.6. The van der Waals surface area contributed by atoms with Crippen LogP contribution in [-0.2, 0) is 21.2 Å². The summed E-state index contributed by atoms with van der Waals surface area (Å²) in [5.74, 6) is -0.920. The molecule has 25 heavy (non-hydrogen) atoms. The van der Waals surface area contributed by atoms with Gasteiger partial charge in [-0.1, -0.05) is 0 Å². The molecule has 0 aliphatic rings. The molecule has 130 valence electrons. The van der Waals surface area contributed by atoms with Gasteiger partial charge in [0.15, 0.2) is 0 Å². The fourth-order valence-corrected chi connectivity index (χ4v) is 4.26. The van der Waals surface area contributed by atoms with Gasteiger partial charge in [0.05, 0.1) is 11.6 Å². The smallest absolute Gasteiger partial charge is 0.273 e. The maximum absolute atomic E-state index is 12.3. The lowest BCUT2D eigenvalue weighted by Gasteiger charge is -2.05. The summed E-state index contributed by atoms with van der Waals surface area (Å²) in [6, 6.07) is 10.6. The summed E-state index contributed by atoms with van der Waals surface area (Å²) in [7, 11) is -3.98. The summed E-state index contributed by atoms with van der Waals surface area (Å²) in [5, 5.41) is 11.4. The molecular formula is C16H15N3O4S2. The number of nitrogens with one attached hydrogen (secondary N) is 2. The van der Waals surface area contributed by atoms with Crippen molar-refractivity contribution in [3.05, 3.63) is 52.4 Å². The summed E-state index contributed by atoms with van der Waals surface area (Å²) >= 11 is 1.04. The molecule has 0 saturated carbocycles. The lowest BCUT2D eigenvalue weighted by molar-refractivity contribution is -0.118. The van der Waals surface area contributed by atoms with Gasteiger partial charge in [0.1, 0.15) is 4.21 Å². The van der Waals surface area contributed by atoms with Crippen LogP contribution < -0.4 is 10.0 Å². The monoisotopic (exact) mass is 377 g/mol.